The Balaban J connectivity index is 1.88. The zero-order valence-corrected chi connectivity index (χ0v) is 11.6. The number of thiophene rings is 1. The quantitative estimate of drug-likeness (QED) is 0.770. The molecule has 0 aromatic carbocycles. The molecule has 1 aromatic rings. The molecule has 1 saturated carbocycles. The molecular formula is C15H24OS. The van der Waals surface area contributed by atoms with Crippen molar-refractivity contribution >= 4 is 11.3 Å². The summed E-state index contributed by atoms with van der Waals surface area (Å²) in [7, 11) is 0. The summed E-state index contributed by atoms with van der Waals surface area (Å²) in [5, 5.41) is 10.3. The minimum absolute atomic E-state index is 0.219. The minimum Gasteiger partial charge on any atom is -0.388 e. The highest BCUT2D eigenvalue weighted by atomic mass is 32.1. The average Bonchev–Trinajstić information content (AvgIpc) is 2.68. The van der Waals surface area contributed by atoms with Crippen molar-refractivity contribution in [2.45, 2.75) is 64.4 Å². The first-order valence-corrected chi connectivity index (χ1v) is 7.88. The summed E-state index contributed by atoms with van der Waals surface area (Å²) in [4.78, 5) is 2.56. The van der Waals surface area contributed by atoms with Gasteiger partial charge in [-0.15, -0.1) is 11.3 Å². The lowest BCUT2D eigenvalue weighted by Crippen LogP contribution is -2.05. The van der Waals surface area contributed by atoms with E-state index in [-0.39, 0.29) is 6.10 Å². The molecule has 0 spiro atoms. The Kier molecular flexibility index (Phi) is 5.05. The summed E-state index contributed by atoms with van der Waals surface area (Å²) in [5.74, 6) is 0.750. The van der Waals surface area contributed by atoms with Gasteiger partial charge in [0, 0.05) is 9.75 Å². The van der Waals surface area contributed by atoms with Crippen LogP contribution in [0, 0.1) is 5.92 Å². The van der Waals surface area contributed by atoms with Gasteiger partial charge in [-0.3, -0.25) is 0 Å². The van der Waals surface area contributed by atoms with Gasteiger partial charge in [-0.25, -0.2) is 0 Å². The van der Waals surface area contributed by atoms with E-state index in [1.54, 1.807) is 11.3 Å². The lowest BCUT2D eigenvalue weighted by molar-refractivity contribution is 0.142. The van der Waals surface area contributed by atoms with E-state index in [9.17, 15) is 5.11 Å². The predicted octanol–water partition coefficient (Wildman–Crippen LogP) is 4.70. The van der Waals surface area contributed by atoms with E-state index in [2.05, 4.69) is 19.1 Å². The van der Waals surface area contributed by atoms with Gasteiger partial charge < -0.3 is 5.11 Å². The molecule has 0 aliphatic heterocycles. The van der Waals surface area contributed by atoms with Gasteiger partial charge in [0.05, 0.1) is 6.10 Å². The monoisotopic (exact) mass is 252 g/mol. The van der Waals surface area contributed by atoms with Gasteiger partial charge in [0.2, 0.25) is 0 Å². The predicted molar refractivity (Wildman–Crippen MR) is 74.5 cm³/mol. The summed E-state index contributed by atoms with van der Waals surface area (Å²) < 4.78 is 0. The Morgan fingerprint density at radius 3 is 2.53 bits per heavy atom. The van der Waals surface area contributed by atoms with Gasteiger partial charge in [0.25, 0.3) is 0 Å². The third-order valence-corrected chi connectivity index (χ3v) is 5.22. The number of aliphatic hydroxyl groups is 1. The van der Waals surface area contributed by atoms with Crippen molar-refractivity contribution in [1.82, 2.24) is 0 Å². The van der Waals surface area contributed by atoms with Crippen LogP contribution in [0.25, 0.3) is 0 Å². The van der Waals surface area contributed by atoms with Crippen molar-refractivity contribution in [1.29, 1.82) is 0 Å². The van der Waals surface area contributed by atoms with Gasteiger partial charge in [-0.2, -0.15) is 0 Å². The SMILES string of the molecule is CCc1ccc(C(O)CC2CCCCCC2)s1. The second-order valence-electron chi connectivity index (χ2n) is 5.27. The third kappa shape index (κ3) is 3.82. The average molecular weight is 252 g/mol. The van der Waals surface area contributed by atoms with Crippen molar-refractivity contribution in [3.63, 3.8) is 0 Å². The van der Waals surface area contributed by atoms with Crippen LogP contribution in [0.1, 0.15) is 67.7 Å². The van der Waals surface area contributed by atoms with Crippen LogP contribution in [-0.4, -0.2) is 5.11 Å². The van der Waals surface area contributed by atoms with Crippen molar-refractivity contribution in [3.05, 3.63) is 21.9 Å². The van der Waals surface area contributed by atoms with E-state index in [4.69, 9.17) is 0 Å². The van der Waals surface area contributed by atoms with Crippen LogP contribution in [0.4, 0.5) is 0 Å². The Labute approximate surface area is 109 Å². The van der Waals surface area contributed by atoms with Gasteiger partial charge in [-0.1, -0.05) is 45.4 Å². The zero-order valence-electron chi connectivity index (χ0n) is 10.8. The van der Waals surface area contributed by atoms with Gasteiger partial charge in [0.1, 0.15) is 0 Å². The van der Waals surface area contributed by atoms with E-state index >= 15 is 0 Å². The fourth-order valence-electron chi connectivity index (χ4n) is 2.80. The highest BCUT2D eigenvalue weighted by molar-refractivity contribution is 7.12. The van der Waals surface area contributed by atoms with E-state index in [0.29, 0.717) is 0 Å². The standard InChI is InChI=1S/C15H24OS/c1-2-13-9-10-15(17-13)14(16)11-12-7-5-3-4-6-8-12/h9-10,12,14,16H,2-8,11H2,1H3. The largest absolute Gasteiger partial charge is 0.388 e. The first kappa shape index (κ1) is 13.1. The topological polar surface area (TPSA) is 20.2 Å². The summed E-state index contributed by atoms with van der Waals surface area (Å²) in [5.41, 5.74) is 0. The molecule has 1 nitrogen and oxygen atoms in total. The van der Waals surface area contributed by atoms with Crippen LogP contribution in [0.5, 0.6) is 0 Å². The van der Waals surface area contributed by atoms with Crippen LogP contribution in [0.2, 0.25) is 0 Å². The molecule has 0 radical (unpaired) electrons. The Morgan fingerprint density at radius 2 is 1.94 bits per heavy atom. The molecule has 1 aliphatic rings. The maximum absolute atomic E-state index is 10.3. The zero-order chi connectivity index (χ0) is 12.1. The van der Waals surface area contributed by atoms with Gasteiger partial charge in [0.15, 0.2) is 0 Å². The van der Waals surface area contributed by atoms with E-state index in [0.717, 1.165) is 18.8 Å². The number of rotatable bonds is 4. The smallest absolute Gasteiger partial charge is 0.0884 e. The normalized spacial score (nSPS) is 20.1. The van der Waals surface area contributed by atoms with Crippen LogP contribution < -0.4 is 0 Å². The molecule has 1 atom stereocenters. The lowest BCUT2D eigenvalue weighted by Gasteiger charge is -2.17. The third-order valence-electron chi connectivity index (χ3n) is 3.89. The number of hydrogen-bond donors (Lipinski definition) is 1. The second kappa shape index (κ2) is 6.55. The molecule has 0 bridgehead atoms. The molecule has 1 aliphatic carbocycles. The Bertz CT molecular complexity index is 323. The van der Waals surface area contributed by atoms with E-state index in [1.165, 1.54) is 48.3 Å². The molecule has 0 amide bonds. The van der Waals surface area contributed by atoms with Gasteiger partial charge in [-0.05, 0) is 30.9 Å². The highest BCUT2D eigenvalue weighted by Crippen LogP contribution is 2.33. The van der Waals surface area contributed by atoms with Crippen LogP contribution in [-0.2, 0) is 6.42 Å². The Hall–Kier alpha value is -0.340. The summed E-state index contributed by atoms with van der Waals surface area (Å²) in [6, 6.07) is 4.28. The van der Waals surface area contributed by atoms with Crippen molar-refractivity contribution in [2.24, 2.45) is 5.92 Å². The van der Waals surface area contributed by atoms with Crippen LogP contribution in [0.15, 0.2) is 12.1 Å². The lowest BCUT2D eigenvalue weighted by atomic mass is 9.93. The summed E-state index contributed by atoms with van der Waals surface area (Å²) in [6.07, 6.45) is 10.0. The van der Waals surface area contributed by atoms with Crippen molar-refractivity contribution in [3.8, 4) is 0 Å². The maximum Gasteiger partial charge on any atom is 0.0884 e. The summed E-state index contributed by atoms with van der Waals surface area (Å²) in [6.45, 7) is 2.17. The molecule has 1 fully saturated rings. The molecule has 0 saturated heterocycles. The molecule has 1 aromatic heterocycles. The van der Waals surface area contributed by atoms with E-state index < -0.39 is 0 Å². The Morgan fingerprint density at radius 1 is 1.24 bits per heavy atom. The van der Waals surface area contributed by atoms with Crippen LogP contribution in [0.3, 0.4) is 0 Å². The molecule has 17 heavy (non-hydrogen) atoms. The fraction of sp³-hybridized carbons (Fsp3) is 0.733. The number of aryl methyl sites for hydroxylation is 1. The molecule has 2 rings (SSSR count). The molecule has 1 unspecified atom stereocenters. The molecular weight excluding hydrogens is 228 g/mol. The minimum atomic E-state index is -0.219. The molecule has 2 heteroatoms. The number of hydrogen-bond acceptors (Lipinski definition) is 2. The van der Waals surface area contributed by atoms with Crippen molar-refractivity contribution in [2.75, 3.05) is 0 Å². The molecule has 96 valence electrons. The van der Waals surface area contributed by atoms with Gasteiger partial charge >= 0.3 is 0 Å². The molecule has 1 N–H and O–H groups in total. The van der Waals surface area contributed by atoms with Crippen molar-refractivity contribution < 1.29 is 5.11 Å². The second-order valence-corrected chi connectivity index (χ2v) is 6.47. The summed E-state index contributed by atoms with van der Waals surface area (Å²) >= 11 is 1.78. The number of aliphatic hydroxyl groups excluding tert-OH is 1. The highest BCUT2D eigenvalue weighted by Gasteiger charge is 2.18. The molecule has 1 heterocycles. The van der Waals surface area contributed by atoms with Crippen LogP contribution >= 0.6 is 11.3 Å². The maximum atomic E-state index is 10.3. The first-order valence-electron chi connectivity index (χ1n) is 7.06. The fourth-order valence-corrected chi connectivity index (χ4v) is 3.75. The van der Waals surface area contributed by atoms with E-state index in [1.807, 2.05) is 0 Å². The first-order chi connectivity index (χ1) is 8.29.